The van der Waals surface area contributed by atoms with Crippen LogP contribution in [0, 0.1) is 11.8 Å². The lowest BCUT2D eigenvalue weighted by molar-refractivity contribution is -0.134. The highest BCUT2D eigenvalue weighted by Gasteiger charge is 2.36. The number of likely N-dealkylation sites (tertiary alicyclic amines) is 1. The summed E-state index contributed by atoms with van der Waals surface area (Å²) in [4.78, 5) is 14.7. The van der Waals surface area contributed by atoms with E-state index in [4.69, 9.17) is 5.73 Å². The molecule has 2 N–H and O–H groups in total. The molecule has 1 aromatic carbocycles. The summed E-state index contributed by atoms with van der Waals surface area (Å²) in [5.41, 5.74) is 7.22. The lowest BCUT2D eigenvalue weighted by Gasteiger charge is -2.22. The molecule has 0 bridgehead atoms. The SMILES string of the molecule is C=CCC(CC=C)C(=O)N1C[C@@H](CN)[C@H](c2ccccc2)C1. The quantitative estimate of drug-likeness (QED) is 0.787. The predicted molar refractivity (Wildman–Crippen MR) is 91.4 cm³/mol. The van der Waals surface area contributed by atoms with Crippen LogP contribution in [0.1, 0.15) is 24.3 Å². The Hall–Kier alpha value is -1.87. The van der Waals surface area contributed by atoms with Gasteiger partial charge in [-0.3, -0.25) is 4.79 Å². The van der Waals surface area contributed by atoms with Gasteiger partial charge in [0.05, 0.1) is 0 Å². The summed E-state index contributed by atoms with van der Waals surface area (Å²) in [6.07, 6.45) is 5.03. The van der Waals surface area contributed by atoms with Gasteiger partial charge in [0.15, 0.2) is 0 Å². The van der Waals surface area contributed by atoms with Gasteiger partial charge in [-0.25, -0.2) is 0 Å². The number of rotatable bonds is 7. The number of hydrogen-bond acceptors (Lipinski definition) is 2. The zero-order valence-corrected chi connectivity index (χ0v) is 13.2. The second-order valence-electron chi connectivity index (χ2n) is 6.00. The topological polar surface area (TPSA) is 46.3 Å². The fourth-order valence-corrected chi connectivity index (χ4v) is 3.33. The Bertz CT molecular complexity index is 501. The zero-order chi connectivity index (χ0) is 15.9. The molecule has 0 saturated carbocycles. The number of nitrogens with zero attached hydrogens (tertiary/aromatic N) is 1. The molecule has 2 atom stereocenters. The molecule has 1 aliphatic heterocycles. The number of nitrogens with two attached hydrogens (primary N) is 1. The largest absolute Gasteiger partial charge is 0.341 e. The molecule has 3 nitrogen and oxygen atoms in total. The summed E-state index contributed by atoms with van der Waals surface area (Å²) in [5, 5.41) is 0. The van der Waals surface area contributed by atoms with Crippen molar-refractivity contribution < 1.29 is 4.79 Å². The minimum absolute atomic E-state index is 0.0389. The summed E-state index contributed by atoms with van der Waals surface area (Å²) in [6, 6.07) is 10.4. The number of benzene rings is 1. The van der Waals surface area contributed by atoms with Crippen molar-refractivity contribution in [3.05, 3.63) is 61.2 Å². The van der Waals surface area contributed by atoms with Crippen LogP contribution in [0.4, 0.5) is 0 Å². The number of allylic oxidation sites excluding steroid dienone is 2. The van der Waals surface area contributed by atoms with E-state index in [0.717, 1.165) is 13.1 Å². The monoisotopic (exact) mass is 298 g/mol. The van der Waals surface area contributed by atoms with Crippen LogP contribution in [0.25, 0.3) is 0 Å². The molecule has 1 fully saturated rings. The van der Waals surface area contributed by atoms with Crippen LogP contribution in [-0.4, -0.2) is 30.4 Å². The Balaban J connectivity index is 2.12. The Morgan fingerprint density at radius 2 is 1.86 bits per heavy atom. The van der Waals surface area contributed by atoms with Gasteiger partial charge < -0.3 is 10.6 Å². The van der Waals surface area contributed by atoms with Crippen molar-refractivity contribution in [2.24, 2.45) is 17.6 Å². The molecule has 1 saturated heterocycles. The van der Waals surface area contributed by atoms with Gasteiger partial charge in [0, 0.05) is 24.9 Å². The Morgan fingerprint density at radius 1 is 1.23 bits per heavy atom. The third-order valence-electron chi connectivity index (χ3n) is 4.53. The molecular weight excluding hydrogens is 272 g/mol. The normalized spacial score (nSPS) is 21.1. The predicted octanol–water partition coefficient (Wildman–Crippen LogP) is 2.96. The van der Waals surface area contributed by atoms with Crippen molar-refractivity contribution >= 4 is 5.91 Å². The van der Waals surface area contributed by atoms with Gasteiger partial charge >= 0.3 is 0 Å². The summed E-state index contributed by atoms with van der Waals surface area (Å²) >= 11 is 0. The highest BCUT2D eigenvalue weighted by atomic mass is 16.2. The van der Waals surface area contributed by atoms with Crippen LogP contribution in [0.15, 0.2) is 55.6 Å². The lowest BCUT2D eigenvalue weighted by atomic mass is 9.89. The fourth-order valence-electron chi connectivity index (χ4n) is 3.33. The van der Waals surface area contributed by atoms with E-state index in [-0.39, 0.29) is 11.8 Å². The van der Waals surface area contributed by atoms with E-state index in [0.29, 0.717) is 31.2 Å². The highest BCUT2D eigenvalue weighted by molar-refractivity contribution is 5.79. The van der Waals surface area contributed by atoms with E-state index >= 15 is 0 Å². The molecule has 118 valence electrons. The molecule has 0 radical (unpaired) electrons. The molecule has 0 aliphatic carbocycles. The average Bonchev–Trinajstić information content (AvgIpc) is 2.99. The van der Waals surface area contributed by atoms with Gasteiger partial charge in [-0.1, -0.05) is 42.5 Å². The minimum atomic E-state index is -0.0389. The van der Waals surface area contributed by atoms with Crippen LogP contribution in [0.2, 0.25) is 0 Å². The van der Waals surface area contributed by atoms with Crippen molar-refractivity contribution in [2.75, 3.05) is 19.6 Å². The number of carbonyl (C=O) groups excluding carboxylic acids is 1. The molecule has 0 unspecified atom stereocenters. The first-order chi connectivity index (χ1) is 10.7. The van der Waals surface area contributed by atoms with E-state index in [1.807, 2.05) is 35.3 Å². The van der Waals surface area contributed by atoms with Crippen LogP contribution >= 0.6 is 0 Å². The number of hydrogen-bond donors (Lipinski definition) is 1. The van der Waals surface area contributed by atoms with Crippen LogP contribution in [0.3, 0.4) is 0 Å². The standard InChI is InChI=1S/C19H26N2O/c1-3-8-16(9-4-2)19(22)21-13-17(12-20)18(14-21)15-10-6-5-7-11-15/h3-7,10-11,16-18H,1-2,8-9,12-14,20H2/t17-,18+/m1/s1. The second-order valence-corrected chi connectivity index (χ2v) is 6.00. The van der Waals surface area contributed by atoms with Crippen molar-refractivity contribution in [2.45, 2.75) is 18.8 Å². The van der Waals surface area contributed by atoms with Gasteiger partial charge in [0.1, 0.15) is 0 Å². The van der Waals surface area contributed by atoms with E-state index in [9.17, 15) is 4.79 Å². The second kappa shape index (κ2) is 7.95. The summed E-state index contributed by atoms with van der Waals surface area (Å²) in [6.45, 7) is 9.64. The minimum Gasteiger partial charge on any atom is -0.341 e. The Kier molecular flexibility index (Phi) is 5.96. The number of amides is 1. The van der Waals surface area contributed by atoms with E-state index in [1.165, 1.54) is 5.56 Å². The average molecular weight is 298 g/mol. The van der Waals surface area contributed by atoms with E-state index in [2.05, 4.69) is 25.3 Å². The summed E-state index contributed by atoms with van der Waals surface area (Å²) in [5.74, 6) is 0.836. The summed E-state index contributed by atoms with van der Waals surface area (Å²) in [7, 11) is 0. The van der Waals surface area contributed by atoms with Gasteiger partial charge in [-0.2, -0.15) is 0 Å². The smallest absolute Gasteiger partial charge is 0.226 e. The molecule has 3 heteroatoms. The van der Waals surface area contributed by atoms with Crippen LogP contribution in [-0.2, 0) is 4.79 Å². The molecule has 2 rings (SSSR count). The van der Waals surface area contributed by atoms with E-state index in [1.54, 1.807) is 0 Å². The molecule has 1 aliphatic rings. The fraction of sp³-hybridized carbons (Fsp3) is 0.421. The number of carbonyl (C=O) groups is 1. The molecule has 22 heavy (non-hydrogen) atoms. The van der Waals surface area contributed by atoms with Gasteiger partial charge in [-0.15, -0.1) is 13.2 Å². The highest BCUT2D eigenvalue weighted by Crippen LogP contribution is 2.33. The van der Waals surface area contributed by atoms with Crippen LogP contribution in [0.5, 0.6) is 0 Å². The zero-order valence-electron chi connectivity index (χ0n) is 13.2. The van der Waals surface area contributed by atoms with Crippen molar-refractivity contribution in [3.63, 3.8) is 0 Å². The first-order valence-corrected chi connectivity index (χ1v) is 7.96. The molecular formula is C19H26N2O. The maximum Gasteiger partial charge on any atom is 0.226 e. The molecule has 0 spiro atoms. The van der Waals surface area contributed by atoms with Crippen molar-refractivity contribution in [3.8, 4) is 0 Å². The molecule has 1 heterocycles. The maximum absolute atomic E-state index is 12.8. The Labute approximate surface area is 133 Å². The third-order valence-corrected chi connectivity index (χ3v) is 4.53. The first-order valence-electron chi connectivity index (χ1n) is 7.96. The van der Waals surface area contributed by atoms with E-state index < -0.39 is 0 Å². The third kappa shape index (κ3) is 3.66. The Morgan fingerprint density at radius 3 is 2.41 bits per heavy atom. The molecule has 1 aromatic rings. The lowest BCUT2D eigenvalue weighted by Crippen LogP contribution is -2.35. The van der Waals surface area contributed by atoms with Crippen molar-refractivity contribution in [1.82, 2.24) is 4.90 Å². The maximum atomic E-state index is 12.8. The first kappa shape index (κ1) is 16.5. The van der Waals surface area contributed by atoms with Gasteiger partial charge in [0.2, 0.25) is 5.91 Å². The molecule has 1 amide bonds. The van der Waals surface area contributed by atoms with Gasteiger partial charge in [0.25, 0.3) is 0 Å². The van der Waals surface area contributed by atoms with Crippen LogP contribution < -0.4 is 5.73 Å². The van der Waals surface area contributed by atoms with Crippen molar-refractivity contribution in [1.29, 1.82) is 0 Å². The van der Waals surface area contributed by atoms with Gasteiger partial charge in [-0.05, 0) is 30.9 Å². The summed E-state index contributed by atoms with van der Waals surface area (Å²) < 4.78 is 0. The molecule has 0 aromatic heterocycles.